The highest BCUT2D eigenvalue weighted by molar-refractivity contribution is 5.84. The van der Waals surface area contributed by atoms with Crippen molar-refractivity contribution in [3.05, 3.63) is 60.2 Å². The van der Waals surface area contributed by atoms with Crippen molar-refractivity contribution in [2.45, 2.75) is 19.3 Å². The summed E-state index contributed by atoms with van der Waals surface area (Å²) in [4.78, 5) is 12.2. The second-order valence-corrected chi connectivity index (χ2v) is 4.87. The van der Waals surface area contributed by atoms with Gasteiger partial charge in [0.1, 0.15) is 11.5 Å². The van der Waals surface area contributed by atoms with E-state index in [2.05, 4.69) is 0 Å². The summed E-state index contributed by atoms with van der Waals surface area (Å²) in [6, 6.07) is 15.6. The number of phenolic OH excluding ortho intramolecular Hbond substituents is 1. The standard InChI is InChI=1S/C16H16O3/c1-16(2,12-6-4-3-5-7-12)15(18)19-14-10-8-13(17)9-11-14/h3-11,17H,1-2H3. The molecular formula is C16H16O3. The van der Waals surface area contributed by atoms with Gasteiger partial charge in [-0.1, -0.05) is 30.3 Å². The summed E-state index contributed by atoms with van der Waals surface area (Å²) < 4.78 is 5.34. The molecule has 0 heterocycles. The van der Waals surface area contributed by atoms with Gasteiger partial charge in [-0.15, -0.1) is 0 Å². The lowest BCUT2D eigenvalue weighted by molar-refractivity contribution is -0.139. The summed E-state index contributed by atoms with van der Waals surface area (Å²) in [5, 5.41) is 9.19. The smallest absolute Gasteiger partial charge is 0.321 e. The molecule has 0 atom stereocenters. The molecule has 0 unspecified atom stereocenters. The van der Waals surface area contributed by atoms with Gasteiger partial charge in [-0.05, 0) is 43.7 Å². The van der Waals surface area contributed by atoms with Gasteiger partial charge in [0, 0.05) is 0 Å². The predicted molar refractivity (Wildman–Crippen MR) is 73.2 cm³/mol. The molecule has 0 fully saturated rings. The summed E-state index contributed by atoms with van der Waals surface area (Å²) in [7, 11) is 0. The van der Waals surface area contributed by atoms with Crippen LogP contribution in [0.3, 0.4) is 0 Å². The number of aromatic hydroxyl groups is 1. The zero-order valence-electron chi connectivity index (χ0n) is 11.0. The first-order valence-corrected chi connectivity index (χ1v) is 6.07. The second kappa shape index (κ2) is 5.14. The van der Waals surface area contributed by atoms with Crippen molar-refractivity contribution in [3.63, 3.8) is 0 Å². The summed E-state index contributed by atoms with van der Waals surface area (Å²) >= 11 is 0. The number of rotatable bonds is 3. The first kappa shape index (κ1) is 13.1. The Morgan fingerprint density at radius 2 is 1.58 bits per heavy atom. The van der Waals surface area contributed by atoms with Crippen LogP contribution in [0.15, 0.2) is 54.6 Å². The number of benzene rings is 2. The number of phenols is 1. The van der Waals surface area contributed by atoms with Crippen molar-refractivity contribution >= 4 is 5.97 Å². The van der Waals surface area contributed by atoms with Crippen LogP contribution in [0.4, 0.5) is 0 Å². The summed E-state index contributed by atoms with van der Waals surface area (Å²) in [5.41, 5.74) is 0.179. The maximum absolute atomic E-state index is 12.2. The number of hydrogen-bond donors (Lipinski definition) is 1. The van der Waals surface area contributed by atoms with Gasteiger partial charge in [-0.3, -0.25) is 4.79 Å². The Balaban J connectivity index is 2.17. The van der Waals surface area contributed by atoms with Crippen molar-refractivity contribution in [1.29, 1.82) is 0 Å². The van der Waals surface area contributed by atoms with Crippen LogP contribution in [-0.4, -0.2) is 11.1 Å². The van der Waals surface area contributed by atoms with Gasteiger partial charge in [0.2, 0.25) is 0 Å². The lowest BCUT2D eigenvalue weighted by Crippen LogP contribution is -2.33. The van der Waals surface area contributed by atoms with Crippen molar-refractivity contribution in [2.24, 2.45) is 0 Å². The Labute approximate surface area is 112 Å². The van der Waals surface area contributed by atoms with Gasteiger partial charge in [0.25, 0.3) is 0 Å². The minimum atomic E-state index is -0.723. The third-order valence-electron chi connectivity index (χ3n) is 3.05. The van der Waals surface area contributed by atoms with Crippen LogP contribution in [0.2, 0.25) is 0 Å². The quantitative estimate of drug-likeness (QED) is 0.677. The molecule has 0 saturated carbocycles. The van der Waals surface area contributed by atoms with Gasteiger partial charge in [0.15, 0.2) is 0 Å². The summed E-state index contributed by atoms with van der Waals surface area (Å²) in [6.45, 7) is 3.65. The fraction of sp³-hybridized carbons (Fsp3) is 0.188. The van der Waals surface area contributed by atoms with E-state index in [-0.39, 0.29) is 11.7 Å². The Kier molecular flexibility index (Phi) is 3.56. The number of hydrogen-bond acceptors (Lipinski definition) is 3. The molecule has 0 aliphatic heterocycles. The molecule has 98 valence electrons. The monoisotopic (exact) mass is 256 g/mol. The van der Waals surface area contributed by atoms with Crippen molar-refractivity contribution in [1.82, 2.24) is 0 Å². The molecule has 19 heavy (non-hydrogen) atoms. The van der Waals surface area contributed by atoms with Crippen LogP contribution in [0.5, 0.6) is 11.5 Å². The van der Waals surface area contributed by atoms with E-state index in [0.29, 0.717) is 5.75 Å². The van der Waals surface area contributed by atoms with Crippen molar-refractivity contribution in [3.8, 4) is 11.5 Å². The Morgan fingerprint density at radius 1 is 1.00 bits per heavy atom. The van der Waals surface area contributed by atoms with Gasteiger partial charge in [-0.2, -0.15) is 0 Å². The van der Waals surface area contributed by atoms with Gasteiger partial charge in [0.05, 0.1) is 5.41 Å². The molecule has 0 saturated heterocycles. The fourth-order valence-corrected chi connectivity index (χ4v) is 1.72. The lowest BCUT2D eigenvalue weighted by atomic mass is 9.85. The second-order valence-electron chi connectivity index (χ2n) is 4.87. The molecule has 0 radical (unpaired) electrons. The van der Waals surface area contributed by atoms with Crippen molar-refractivity contribution in [2.75, 3.05) is 0 Å². The topological polar surface area (TPSA) is 46.5 Å². The zero-order chi connectivity index (χ0) is 13.9. The average Bonchev–Trinajstić information content (AvgIpc) is 2.42. The maximum Gasteiger partial charge on any atom is 0.321 e. The van der Waals surface area contributed by atoms with E-state index >= 15 is 0 Å². The average molecular weight is 256 g/mol. The van der Waals surface area contributed by atoms with Crippen LogP contribution in [0.25, 0.3) is 0 Å². The highest BCUT2D eigenvalue weighted by Gasteiger charge is 2.31. The first-order valence-electron chi connectivity index (χ1n) is 6.07. The van der Waals surface area contributed by atoms with E-state index in [0.717, 1.165) is 5.56 Å². The van der Waals surface area contributed by atoms with Gasteiger partial charge in [-0.25, -0.2) is 0 Å². The number of carbonyl (C=O) groups excluding carboxylic acids is 1. The van der Waals surface area contributed by atoms with Crippen LogP contribution < -0.4 is 4.74 Å². The van der Waals surface area contributed by atoms with Crippen molar-refractivity contribution < 1.29 is 14.6 Å². The van der Waals surface area contributed by atoms with Crippen LogP contribution in [-0.2, 0) is 10.2 Å². The predicted octanol–water partition coefficient (Wildman–Crippen LogP) is 3.28. The molecule has 2 aromatic carbocycles. The third kappa shape index (κ3) is 2.94. The van der Waals surface area contributed by atoms with E-state index in [1.54, 1.807) is 12.1 Å². The van der Waals surface area contributed by atoms with Crippen LogP contribution >= 0.6 is 0 Å². The molecule has 0 spiro atoms. The normalized spacial score (nSPS) is 11.1. The molecular weight excluding hydrogens is 240 g/mol. The lowest BCUT2D eigenvalue weighted by Gasteiger charge is -2.22. The first-order chi connectivity index (χ1) is 9.00. The Bertz CT molecular complexity index is 556. The fourth-order valence-electron chi connectivity index (χ4n) is 1.72. The molecule has 3 heteroatoms. The third-order valence-corrected chi connectivity index (χ3v) is 3.05. The highest BCUT2D eigenvalue weighted by atomic mass is 16.5. The molecule has 2 rings (SSSR count). The number of carbonyl (C=O) groups is 1. The molecule has 0 aliphatic rings. The SMILES string of the molecule is CC(C)(C(=O)Oc1ccc(O)cc1)c1ccccc1. The maximum atomic E-state index is 12.2. The molecule has 3 nitrogen and oxygen atoms in total. The molecule has 2 aromatic rings. The van der Waals surface area contributed by atoms with Gasteiger partial charge < -0.3 is 9.84 Å². The van der Waals surface area contributed by atoms with Gasteiger partial charge >= 0.3 is 5.97 Å². The largest absolute Gasteiger partial charge is 0.508 e. The zero-order valence-corrected chi connectivity index (χ0v) is 11.0. The van der Waals surface area contributed by atoms with E-state index in [4.69, 9.17) is 4.74 Å². The molecule has 0 aromatic heterocycles. The number of ether oxygens (including phenoxy) is 1. The highest BCUT2D eigenvalue weighted by Crippen LogP contribution is 2.26. The van der Waals surface area contributed by atoms with E-state index in [9.17, 15) is 9.90 Å². The van der Waals surface area contributed by atoms with E-state index < -0.39 is 5.41 Å². The summed E-state index contributed by atoms with van der Waals surface area (Å²) in [6.07, 6.45) is 0. The van der Waals surface area contributed by atoms with Crippen LogP contribution in [0.1, 0.15) is 19.4 Å². The molecule has 0 bridgehead atoms. The Hall–Kier alpha value is -2.29. The Morgan fingerprint density at radius 3 is 2.16 bits per heavy atom. The number of esters is 1. The molecule has 0 aliphatic carbocycles. The minimum Gasteiger partial charge on any atom is -0.508 e. The molecule has 1 N–H and O–H groups in total. The van der Waals surface area contributed by atoms with E-state index in [1.807, 2.05) is 44.2 Å². The molecule has 0 amide bonds. The van der Waals surface area contributed by atoms with Crippen LogP contribution in [0, 0.1) is 0 Å². The summed E-state index contributed by atoms with van der Waals surface area (Å²) in [5.74, 6) is 0.235. The minimum absolute atomic E-state index is 0.141. The van der Waals surface area contributed by atoms with E-state index in [1.165, 1.54) is 12.1 Å².